The van der Waals surface area contributed by atoms with Gasteiger partial charge < -0.3 is 4.90 Å². The van der Waals surface area contributed by atoms with Gasteiger partial charge in [0, 0.05) is 12.2 Å². The Morgan fingerprint density at radius 1 is 1.55 bits per heavy atom. The Kier molecular flexibility index (Phi) is 5.12. The lowest BCUT2D eigenvalue weighted by Gasteiger charge is -2.24. The van der Waals surface area contributed by atoms with Crippen molar-refractivity contribution in [3.05, 3.63) is 12.3 Å². The molecule has 0 spiro atoms. The molecule has 0 rings (SSSR count). The van der Waals surface area contributed by atoms with Gasteiger partial charge >= 0.3 is 0 Å². The fraction of sp³-hybridized carbons (Fsp3) is 0.667. The first-order valence-electron chi connectivity index (χ1n) is 4.07. The van der Waals surface area contributed by atoms with Crippen LogP contribution in [0, 0.1) is 0 Å². The highest BCUT2D eigenvalue weighted by Gasteiger charge is 2.06. The molecule has 0 atom stereocenters. The molecule has 0 aromatic carbocycles. The monoisotopic (exact) mass is 171 g/mol. The first-order valence-corrected chi connectivity index (χ1v) is 4.48. The SMILES string of the molecule is C/C=C\N(C(=S)CC)C(C)C. The Morgan fingerprint density at radius 3 is 2.36 bits per heavy atom. The maximum Gasteiger partial charge on any atom is 0.0818 e. The summed E-state index contributed by atoms with van der Waals surface area (Å²) in [6.45, 7) is 8.37. The molecule has 0 saturated heterocycles. The van der Waals surface area contributed by atoms with Crippen LogP contribution in [-0.4, -0.2) is 15.9 Å². The fourth-order valence-corrected chi connectivity index (χ4v) is 1.16. The summed E-state index contributed by atoms with van der Waals surface area (Å²) in [7, 11) is 0. The first-order chi connectivity index (χ1) is 5.13. The topological polar surface area (TPSA) is 3.24 Å². The van der Waals surface area contributed by atoms with Gasteiger partial charge in [-0.05, 0) is 27.2 Å². The van der Waals surface area contributed by atoms with Gasteiger partial charge in [-0.2, -0.15) is 0 Å². The quantitative estimate of drug-likeness (QED) is 0.601. The minimum Gasteiger partial charge on any atom is -0.340 e. The molecule has 0 aromatic heterocycles. The molecule has 0 aliphatic heterocycles. The van der Waals surface area contributed by atoms with Crippen molar-refractivity contribution in [1.82, 2.24) is 4.90 Å². The summed E-state index contributed by atoms with van der Waals surface area (Å²) in [6.07, 6.45) is 5.00. The third-order valence-corrected chi connectivity index (χ3v) is 1.96. The number of hydrogen-bond acceptors (Lipinski definition) is 1. The Morgan fingerprint density at radius 2 is 2.09 bits per heavy atom. The standard InChI is InChI=1S/C9H17NS/c1-5-7-10(8(3)4)9(11)6-2/h5,7-8H,6H2,1-4H3/b7-5-. The molecular weight excluding hydrogens is 154 g/mol. The summed E-state index contributed by atoms with van der Waals surface area (Å²) >= 11 is 5.19. The van der Waals surface area contributed by atoms with Crippen LogP contribution in [0.15, 0.2) is 12.3 Å². The number of nitrogens with zero attached hydrogens (tertiary/aromatic N) is 1. The van der Waals surface area contributed by atoms with E-state index in [9.17, 15) is 0 Å². The van der Waals surface area contributed by atoms with Crippen molar-refractivity contribution in [3.8, 4) is 0 Å². The molecule has 0 bridgehead atoms. The molecule has 0 saturated carbocycles. The van der Waals surface area contributed by atoms with Crippen molar-refractivity contribution >= 4 is 17.2 Å². The molecule has 0 unspecified atom stereocenters. The lowest BCUT2D eigenvalue weighted by atomic mass is 10.3. The van der Waals surface area contributed by atoms with Gasteiger partial charge in [0.05, 0.1) is 4.99 Å². The highest BCUT2D eigenvalue weighted by atomic mass is 32.1. The zero-order valence-corrected chi connectivity index (χ0v) is 8.61. The van der Waals surface area contributed by atoms with E-state index in [-0.39, 0.29) is 0 Å². The van der Waals surface area contributed by atoms with Crippen molar-refractivity contribution in [2.75, 3.05) is 0 Å². The summed E-state index contributed by atoms with van der Waals surface area (Å²) in [6, 6.07) is 0.471. The van der Waals surface area contributed by atoms with Crippen LogP contribution in [0.2, 0.25) is 0 Å². The average molecular weight is 171 g/mol. The van der Waals surface area contributed by atoms with Crippen molar-refractivity contribution < 1.29 is 0 Å². The predicted octanol–water partition coefficient (Wildman–Crippen LogP) is 2.97. The van der Waals surface area contributed by atoms with Gasteiger partial charge in [0.2, 0.25) is 0 Å². The molecule has 0 fully saturated rings. The zero-order chi connectivity index (χ0) is 8.85. The minimum absolute atomic E-state index is 0.471. The molecule has 64 valence electrons. The largest absolute Gasteiger partial charge is 0.340 e. The highest BCUT2D eigenvalue weighted by molar-refractivity contribution is 7.80. The van der Waals surface area contributed by atoms with Crippen molar-refractivity contribution in [2.45, 2.75) is 40.2 Å². The lowest BCUT2D eigenvalue weighted by Crippen LogP contribution is -2.29. The molecule has 11 heavy (non-hydrogen) atoms. The van der Waals surface area contributed by atoms with E-state index in [1.54, 1.807) is 0 Å². The molecule has 0 heterocycles. The van der Waals surface area contributed by atoms with Crippen molar-refractivity contribution in [1.29, 1.82) is 0 Å². The maximum atomic E-state index is 5.19. The predicted molar refractivity (Wildman–Crippen MR) is 54.7 cm³/mol. The van der Waals surface area contributed by atoms with Gasteiger partial charge in [-0.25, -0.2) is 0 Å². The summed E-state index contributed by atoms with van der Waals surface area (Å²) in [5, 5.41) is 0. The van der Waals surface area contributed by atoms with E-state index in [0.29, 0.717) is 6.04 Å². The summed E-state index contributed by atoms with van der Waals surface area (Å²) in [4.78, 5) is 3.13. The Labute approximate surface area is 75.1 Å². The van der Waals surface area contributed by atoms with Crippen LogP contribution in [0.3, 0.4) is 0 Å². The number of allylic oxidation sites excluding steroid dienone is 1. The normalized spacial score (nSPS) is 11.0. The number of hydrogen-bond donors (Lipinski definition) is 0. The van der Waals surface area contributed by atoms with Gasteiger partial charge in [-0.15, -0.1) is 0 Å². The lowest BCUT2D eigenvalue weighted by molar-refractivity contribution is 0.458. The van der Waals surface area contributed by atoms with E-state index >= 15 is 0 Å². The molecular formula is C9H17NS. The second-order valence-corrected chi connectivity index (χ2v) is 3.20. The van der Waals surface area contributed by atoms with E-state index in [4.69, 9.17) is 12.2 Å². The van der Waals surface area contributed by atoms with Crippen LogP contribution < -0.4 is 0 Å². The van der Waals surface area contributed by atoms with Gasteiger partial charge in [0.25, 0.3) is 0 Å². The second kappa shape index (κ2) is 5.30. The van der Waals surface area contributed by atoms with Crippen LogP contribution in [-0.2, 0) is 0 Å². The molecule has 0 aromatic rings. The first kappa shape index (κ1) is 10.6. The van der Waals surface area contributed by atoms with Gasteiger partial charge in [0.1, 0.15) is 0 Å². The van der Waals surface area contributed by atoms with Gasteiger partial charge in [-0.3, -0.25) is 0 Å². The molecule has 0 N–H and O–H groups in total. The Bertz CT molecular complexity index is 150. The van der Waals surface area contributed by atoms with E-state index in [0.717, 1.165) is 11.4 Å². The molecule has 0 aliphatic rings. The van der Waals surface area contributed by atoms with Crippen molar-refractivity contribution in [3.63, 3.8) is 0 Å². The summed E-state index contributed by atoms with van der Waals surface area (Å²) in [5.74, 6) is 0. The smallest absolute Gasteiger partial charge is 0.0818 e. The van der Waals surface area contributed by atoms with Crippen LogP contribution in [0.5, 0.6) is 0 Å². The van der Waals surface area contributed by atoms with Crippen LogP contribution in [0.1, 0.15) is 34.1 Å². The highest BCUT2D eigenvalue weighted by Crippen LogP contribution is 2.03. The van der Waals surface area contributed by atoms with Crippen LogP contribution in [0.25, 0.3) is 0 Å². The molecule has 1 nitrogen and oxygen atoms in total. The van der Waals surface area contributed by atoms with Crippen LogP contribution >= 0.6 is 12.2 Å². The Balaban J connectivity index is 4.21. The van der Waals surface area contributed by atoms with Crippen molar-refractivity contribution in [2.24, 2.45) is 0 Å². The summed E-state index contributed by atoms with van der Waals surface area (Å²) in [5.41, 5.74) is 0. The minimum atomic E-state index is 0.471. The molecule has 0 aliphatic carbocycles. The second-order valence-electron chi connectivity index (χ2n) is 2.73. The third-order valence-electron chi connectivity index (χ3n) is 1.46. The Hall–Kier alpha value is -0.370. The van der Waals surface area contributed by atoms with E-state index in [1.165, 1.54) is 0 Å². The third kappa shape index (κ3) is 3.51. The number of rotatable bonds is 3. The molecule has 2 heteroatoms. The van der Waals surface area contributed by atoms with E-state index in [1.807, 2.05) is 19.2 Å². The maximum absolute atomic E-state index is 5.19. The van der Waals surface area contributed by atoms with Crippen LogP contribution in [0.4, 0.5) is 0 Å². The molecule has 0 radical (unpaired) electrons. The number of thiocarbonyl (C=S) groups is 1. The van der Waals surface area contributed by atoms with E-state index in [2.05, 4.69) is 25.7 Å². The van der Waals surface area contributed by atoms with Gasteiger partial charge in [-0.1, -0.05) is 25.2 Å². The van der Waals surface area contributed by atoms with E-state index < -0.39 is 0 Å². The molecule has 0 amide bonds. The fourth-order valence-electron chi connectivity index (χ4n) is 0.886. The summed E-state index contributed by atoms with van der Waals surface area (Å²) < 4.78 is 0. The zero-order valence-electron chi connectivity index (χ0n) is 7.79. The van der Waals surface area contributed by atoms with Gasteiger partial charge in [0.15, 0.2) is 0 Å². The average Bonchev–Trinajstić information content (AvgIpc) is 1.98.